The maximum Gasteiger partial charge on any atom is 0.216 e. The number of halogens is 3. The predicted octanol–water partition coefficient (Wildman–Crippen LogP) is 2.97. The zero-order chi connectivity index (χ0) is 9.19. The first-order valence-electron chi connectivity index (χ1n) is 3.40. The molecule has 0 radical (unpaired) electrons. The smallest absolute Gasteiger partial charge is 0.216 e. The second-order valence-corrected chi connectivity index (χ2v) is 4.68. The molecule has 2 N–H and O–H groups in total. The van der Waals surface area contributed by atoms with E-state index in [1.54, 1.807) is 12.1 Å². The fourth-order valence-corrected chi connectivity index (χ4v) is 1.21. The largest absolute Gasteiger partial charge is 0.326 e. The first kappa shape index (κ1) is 10.1. The van der Waals surface area contributed by atoms with E-state index in [1.165, 1.54) is 0 Å². The minimum Gasteiger partial charge on any atom is -0.326 e. The summed E-state index contributed by atoms with van der Waals surface area (Å²) >= 11 is 17.0. The molecule has 1 aromatic rings. The number of hydrogen-bond donors (Lipinski definition) is 1. The molecule has 4 heteroatoms. The highest BCUT2D eigenvalue weighted by atomic mass is 35.6. The summed E-state index contributed by atoms with van der Waals surface area (Å²) in [7, 11) is 0. The third-order valence-electron chi connectivity index (χ3n) is 1.52. The molecule has 0 aromatic heterocycles. The highest BCUT2D eigenvalue weighted by Gasteiger charge is 2.21. The van der Waals surface area contributed by atoms with E-state index < -0.39 is 3.79 Å². The van der Waals surface area contributed by atoms with E-state index in [0.29, 0.717) is 12.1 Å². The van der Waals surface area contributed by atoms with E-state index in [2.05, 4.69) is 0 Å². The summed E-state index contributed by atoms with van der Waals surface area (Å²) < 4.78 is -1.34. The van der Waals surface area contributed by atoms with Crippen LogP contribution in [0.3, 0.4) is 0 Å². The van der Waals surface area contributed by atoms with E-state index in [4.69, 9.17) is 40.5 Å². The molecule has 0 amide bonds. The third kappa shape index (κ3) is 2.53. The molecule has 0 aliphatic rings. The zero-order valence-corrected chi connectivity index (χ0v) is 8.50. The normalized spacial score (nSPS) is 11.7. The zero-order valence-electron chi connectivity index (χ0n) is 6.23. The van der Waals surface area contributed by atoms with Gasteiger partial charge in [-0.25, -0.2) is 0 Å². The lowest BCUT2D eigenvalue weighted by Gasteiger charge is -2.10. The Bertz CT molecular complexity index is 250. The molecular formula is C8H8Cl3N. The standard InChI is InChI=1S/C8H8Cl3N/c9-8(10,11)7-3-1-6(5-12)2-4-7/h1-4H,5,12H2. The van der Waals surface area contributed by atoms with Crippen LogP contribution in [0, 0.1) is 0 Å². The first-order valence-corrected chi connectivity index (χ1v) is 4.53. The van der Waals surface area contributed by atoms with Gasteiger partial charge in [-0.1, -0.05) is 59.1 Å². The van der Waals surface area contributed by atoms with Crippen molar-refractivity contribution in [3.05, 3.63) is 35.4 Å². The van der Waals surface area contributed by atoms with Gasteiger partial charge in [-0.2, -0.15) is 0 Å². The lowest BCUT2D eigenvalue weighted by atomic mass is 10.1. The fraction of sp³-hybridized carbons (Fsp3) is 0.250. The van der Waals surface area contributed by atoms with Crippen molar-refractivity contribution in [1.82, 2.24) is 0 Å². The maximum absolute atomic E-state index is 5.65. The molecule has 0 aliphatic carbocycles. The molecule has 0 heterocycles. The Morgan fingerprint density at radius 1 is 1.08 bits per heavy atom. The molecule has 0 atom stereocenters. The van der Waals surface area contributed by atoms with Crippen LogP contribution in [0.5, 0.6) is 0 Å². The van der Waals surface area contributed by atoms with Crippen molar-refractivity contribution < 1.29 is 0 Å². The quantitative estimate of drug-likeness (QED) is 0.729. The summed E-state index contributed by atoms with van der Waals surface area (Å²) in [5.74, 6) is 0. The average Bonchev–Trinajstić information content (AvgIpc) is 2.03. The molecule has 0 saturated carbocycles. The number of hydrogen-bond acceptors (Lipinski definition) is 1. The van der Waals surface area contributed by atoms with Crippen LogP contribution in [-0.4, -0.2) is 0 Å². The summed E-state index contributed by atoms with van der Waals surface area (Å²) in [6.07, 6.45) is 0. The van der Waals surface area contributed by atoms with Gasteiger partial charge < -0.3 is 5.73 Å². The summed E-state index contributed by atoms with van der Waals surface area (Å²) in [6.45, 7) is 0.500. The molecule has 1 rings (SSSR count). The fourth-order valence-electron chi connectivity index (χ4n) is 0.830. The molecule has 0 fully saturated rings. The highest BCUT2D eigenvalue weighted by molar-refractivity contribution is 6.66. The van der Waals surface area contributed by atoms with Crippen molar-refractivity contribution >= 4 is 34.8 Å². The predicted molar refractivity (Wildman–Crippen MR) is 53.6 cm³/mol. The monoisotopic (exact) mass is 223 g/mol. The Labute approximate surface area is 86.4 Å². The van der Waals surface area contributed by atoms with Gasteiger partial charge in [0.15, 0.2) is 0 Å². The number of nitrogens with two attached hydrogens (primary N) is 1. The van der Waals surface area contributed by atoms with Crippen molar-refractivity contribution in [3.8, 4) is 0 Å². The lowest BCUT2D eigenvalue weighted by Crippen LogP contribution is -2.01. The van der Waals surface area contributed by atoms with Gasteiger partial charge in [0.25, 0.3) is 0 Å². The Hall–Kier alpha value is 0.0500. The Kier molecular flexibility index (Phi) is 3.24. The molecule has 0 unspecified atom stereocenters. The summed E-state index contributed by atoms with van der Waals surface area (Å²) in [4.78, 5) is 0. The SMILES string of the molecule is NCc1ccc(C(Cl)(Cl)Cl)cc1. The van der Waals surface area contributed by atoms with Crippen LogP contribution in [0.4, 0.5) is 0 Å². The molecule has 1 aromatic carbocycles. The van der Waals surface area contributed by atoms with E-state index in [9.17, 15) is 0 Å². The lowest BCUT2D eigenvalue weighted by molar-refractivity contribution is 1.06. The molecule has 66 valence electrons. The summed E-state index contributed by atoms with van der Waals surface area (Å²) in [5.41, 5.74) is 7.09. The Morgan fingerprint density at radius 2 is 1.58 bits per heavy atom. The van der Waals surface area contributed by atoms with E-state index in [-0.39, 0.29) is 0 Å². The van der Waals surface area contributed by atoms with Crippen LogP contribution in [0.25, 0.3) is 0 Å². The molecule has 0 aliphatic heterocycles. The minimum absolute atomic E-state index is 0.500. The maximum atomic E-state index is 5.65. The van der Waals surface area contributed by atoms with Crippen molar-refractivity contribution in [1.29, 1.82) is 0 Å². The summed E-state index contributed by atoms with van der Waals surface area (Å²) in [5, 5.41) is 0. The van der Waals surface area contributed by atoms with Crippen LogP contribution < -0.4 is 5.73 Å². The molecular weight excluding hydrogens is 216 g/mol. The van der Waals surface area contributed by atoms with E-state index >= 15 is 0 Å². The van der Waals surface area contributed by atoms with Crippen LogP contribution in [0.15, 0.2) is 24.3 Å². The molecule has 0 saturated heterocycles. The second kappa shape index (κ2) is 3.84. The van der Waals surface area contributed by atoms with Crippen molar-refractivity contribution in [2.75, 3.05) is 0 Å². The number of alkyl halides is 3. The van der Waals surface area contributed by atoms with Gasteiger partial charge >= 0.3 is 0 Å². The van der Waals surface area contributed by atoms with Gasteiger partial charge in [-0.15, -0.1) is 0 Å². The van der Waals surface area contributed by atoms with Crippen molar-refractivity contribution in [3.63, 3.8) is 0 Å². The third-order valence-corrected chi connectivity index (χ3v) is 2.17. The van der Waals surface area contributed by atoms with E-state index in [0.717, 1.165) is 5.56 Å². The molecule has 0 spiro atoms. The average molecular weight is 225 g/mol. The molecule has 0 bridgehead atoms. The highest BCUT2D eigenvalue weighted by Crippen LogP contribution is 2.37. The molecule has 12 heavy (non-hydrogen) atoms. The minimum atomic E-state index is -1.34. The van der Waals surface area contributed by atoms with Crippen LogP contribution >= 0.6 is 34.8 Å². The van der Waals surface area contributed by atoms with E-state index in [1.807, 2.05) is 12.1 Å². The molecule has 1 nitrogen and oxygen atoms in total. The van der Waals surface area contributed by atoms with Crippen LogP contribution in [-0.2, 0) is 10.3 Å². The van der Waals surface area contributed by atoms with Crippen LogP contribution in [0.1, 0.15) is 11.1 Å². The first-order chi connectivity index (χ1) is 5.54. The second-order valence-electron chi connectivity index (χ2n) is 2.40. The summed E-state index contributed by atoms with van der Waals surface area (Å²) in [6, 6.07) is 7.21. The van der Waals surface area contributed by atoms with Gasteiger partial charge in [-0.3, -0.25) is 0 Å². The van der Waals surface area contributed by atoms with Gasteiger partial charge in [-0.05, 0) is 5.56 Å². The Balaban J connectivity index is 2.93. The van der Waals surface area contributed by atoms with Gasteiger partial charge in [0.05, 0.1) is 0 Å². The van der Waals surface area contributed by atoms with Crippen molar-refractivity contribution in [2.45, 2.75) is 10.3 Å². The number of rotatable bonds is 1. The van der Waals surface area contributed by atoms with Gasteiger partial charge in [0.2, 0.25) is 3.79 Å². The Morgan fingerprint density at radius 3 is 1.92 bits per heavy atom. The van der Waals surface area contributed by atoms with Gasteiger partial charge in [0, 0.05) is 12.1 Å². The van der Waals surface area contributed by atoms with Crippen LogP contribution in [0.2, 0.25) is 0 Å². The topological polar surface area (TPSA) is 26.0 Å². The van der Waals surface area contributed by atoms with Crippen molar-refractivity contribution in [2.24, 2.45) is 5.73 Å². The van der Waals surface area contributed by atoms with Gasteiger partial charge in [0.1, 0.15) is 0 Å². The number of benzene rings is 1.